The molecule has 0 aromatic carbocycles. The van der Waals surface area contributed by atoms with Gasteiger partial charge in [-0.25, -0.2) is 13.1 Å². The molecule has 0 aliphatic carbocycles. The Hall–Kier alpha value is -1.02. The van der Waals surface area contributed by atoms with Crippen LogP contribution < -0.4 is 0 Å². The minimum atomic E-state index is -0.108. The van der Waals surface area contributed by atoms with Gasteiger partial charge in [-0.2, -0.15) is 0 Å². The lowest BCUT2D eigenvalue weighted by atomic mass is 9.94. The highest BCUT2D eigenvalue weighted by Crippen LogP contribution is 2.15. The van der Waals surface area contributed by atoms with E-state index in [1.807, 2.05) is 13.8 Å². The van der Waals surface area contributed by atoms with Crippen molar-refractivity contribution in [2.24, 2.45) is 5.41 Å². The smallest absolute Gasteiger partial charge is 0.226 e. The minimum Gasteiger partial charge on any atom is -0.316 e. The fourth-order valence-electron chi connectivity index (χ4n) is 0.478. The molecule has 0 N–H and O–H groups in total. The number of hydrogen-bond acceptors (Lipinski definition) is 0. The van der Waals surface area contributed by atoms with Crippen LogP contribution in [0.25, 0.3) is 9.69 Å². The van der Waals surface area contributed by atoms with E-state index in [-0.39, 0.29) is 5.41 Å². The molecule has 48 valence electrons. The molecule has 0 bridgehead atoms. The predicted molar refractivity (Wildman–Crippen MR) is 36.7 cm³/mol. The van der Waals surface area contributed by atoms with E-state index in [2.05, 4.69) is 9.69 Å². The Balaban J connectivity index is 3.77. The van der Waals surface area contributed by atoms with Gasteiger partial charge in [0.05, 0.1) is 0 Å². The molecule has 0 rings (SSSR count). The molecule has 0 unspecified atom stereocenters. The van der Waals surface area contributed by atoms with Crippen LogP contribution in [0.3, 0.4) is 0 Å². The molecule has 0 aliphatic heterocycles. The van der Waals surface area contributed by atoms with Gasteiger partial charge in [0.1, 0.15) is 5.41 Å². The maximum atomic E-state index is 6.56. The van der Waals surface area contributed by atoms with Crippen molar-refractivity contribution in [1.82, 2.24) is 0 Å². The molecule has 0 fully saturated rings. The lowest BCUT2D eigenvalue weighted by molar-refractivity contribution is 0.442. The largest absolute Gasteiger partial charge is 0.316 e. The maximum Gasteiger partial charge on any atom is 0.226 e. The fraction of sp³-hybridized carbons (Fsp3) is 0.714. The van der Waals surface area contributed by atoms with Gasteiger partial charge in [-0.15, -0.1) is 0 Å². The van der Waals surface area contributed by atoms with Crippen molar-refractivity contribution >= 4 is 0 Å². The molecule has 0 saturated heterocycles. The van der Waals surface area contributed by atoms with Crippen molar-refractivity contribution in [3.05, 3.63) is 22.8 Å². The number of rotatable bonds is 2. The van der Waals surface area contributed by atoms with Crippen LogP contribution in [0.5, 0.6) is 0 Å². The van der Waals surface area contributed by atoms with E-state index in [1.165, 1.54) is 0 Å². The van der Waals surface area contributed by atoms with Gasteiger partial charge < -0.3 is 9.69 Å². The lowest BCUT2D eigenvalue weighted by Gasteiger charge is -2.07. The summed E-state index contributed by atoms with van der Waals surface area (Å²) in [4.78, 5) is 6.47. The van der Waals surface area contributed by atoms with Gasteiger partial charge >= 0.3 is 0 Å². The average molecular weight is 122 g/mol. The molecule has 0 spiro atoms. The zero-order chi connectivity index (χ0) is 7.33. The molecule has 0 saturated carbocycles. The first-order chi connectivity index (χ1) is 4.12. The number of hydrogen-bond donors (Lipinski definition) is 0. The molecule has 0 atom stereocenters. The van der Waals surface area contributed by atoms with Gasteiger partial charge in [0, 0.05) is 0 Å². The number of nitrogens with zero attached hydrogens (tertiary/aromatic N) is 2. The molecule has 0 aromatic heterocycles. The first kappa shape index (κ1) is 7.98. The predicted octanol–water partition coefficient (Wildman–Crippen LogP) is 1.85. The molecule has 0 aliphatic rings. The van der Waals surface area contributed by atoms with E-state index < -0.39 is 0 Å². The monoisotopic (exact) mass is 122 g/mol. The van der Waals surface area contributed by atoms with E-state index in [0.717, 1.165) is 0 Å². The van der Waals surface area contributed by atoms with E-state index in [0.29, 0.717) is 13.1 Å². The summed E-state index contributed by atoms with van der Waals surface area (Å²) in [5.41, 5.74) is -0.108. The van der Waals surface area contributed by atoms with Crippen LogP contribution in [0.2, 0.25) is 0 Å². The summed E-state index contributed by atoms with van der Waals surface area (Å²) in [6.07, 6.45) is 0. The minimum absolute atomic E-state index is 0.108. The van der Waals surface area contributed by atoms with Gasteiger partial charge in [0.25, 0.3) is 0 Å². The van der Waals surface area contributed by atoms with E-state index in [1.54, 1.807) is 0 Å². The zero-order valence-electron chi connectivity index (χ0n) is 5.81. The Kier molecular flexibility index (Phi) is 2.74. The van der Waals surface area contributed by atoms with E-state index in [4.69, 9.17) is 13.1 Å². The topological polar surface area (TPSA) is 8.72 Å². The second-order valence-corrected chi connectivity index (χ2v) is 2.80. The highest BCUT2D eigenvalue weighted by Gasteiger charge is 2.24. The fourth-order valence-corrected chi connectivity index (χ4v) is 0.478. The summed E-state index contributed by atoms with van der Waals surface area (Å²) in [5, 5.41) is 0. The van der Waals surface area contributed by atoms with Crippen LogP contribution in [0.4, 0.5) is 0 Å². The molecule has 0 heterocycles. The third-order valence-corrected chi connectivity index (χ3v) is 1.01. The highest BCUT2D eigenvalue weighted by molar-refractivity contribution is 4.84. The molecule has 0 amide bonds. The van der Waals surface area contributed by atoms with Crippen LogP contribution in [0.15, 0.2) is 0 Å². The van der Waals surface area contributed by atoms with Gasteiger partial charge in [-0.05, 0) is 13.8 Å². The Bertz CT molecular complexity index is 139. The lowest BCUT2D eigenvalue weighted by Crippen LogP contribution is -2.17. The summed E-state index contributed by atoms with van der Waals surface area (Å²) in [5.74, 6) is 0. The summed E-state index contributed by atoms with van der Waals surface area (Å²) < 4.78 is 0. The SMILES string of the molecule is [C-]#[N+]CC(C)(C)C[N+]#[C-]. The van der Waals surface area contributed by atoms with Crippen molar-refractivity contribution < 1.29 is 0 Å². The Morgan fingerprint density at radius 1 is 1.11 bits per heavy atom. The van der Waals surface area contributed by atoms with E-state index in [9.17, 15) is 0 Å². The van der Waals surface area contributed by atoms with Crippen LogP contribution in [-0.4, -0.2) is 13.1 Å². The molecular formula is C7H10N2. The van der Waals surface area contributed by atoms with Crippen molar-refractivity contribution in [2.45, 2.75) is 13.8 Å². The summed E-state index contributed by atoms with van der Waals surface area (Å²) in [6, 6.07) is 0. The van der Waals surface area contributed by atoms with Crippen molar-refractivity contribution in [3.8, 4) is 0 Å². The normalized spacial score (nSPS) is 9.78. The average Bonchev–Trinajstić information content (AvgIpc) is 1.64. The zero-order valence-corrected chi connectivity index (χ0v) is 5.81. The molecule has 2 nitrogen and oxygen atoms in total. The van der Waals surface area contributed by atoms with Crippen LogP contribution >= 0.6 is 0 Å². The quantitative estimate of drug-likeness (QED) is 0.494. The third kappa shape index (κ3) is 3.55. The van der Waals surface area contributed by atoms with Crippen molar-refractivity contribution in [3.63, 3.8) is 0 Å². The van der Waals surface area contributed by atoms with Crippen LogP contribution in [-0.2, 0) is 0 Å². The summed E-state index contributed by atoms with van der Waals surface area (Å²) >= 11 is 0. The standard InChI is InChI=1S/C7H10N2/c1-7(2,5-8-3)6-9-4/h5-6H2,1-2H3. The van der Waals surface area contributed by atoms with Gasteiger partial charge in [-0.1, -0.05) is 0 Å². The van der Waals surface area contributed by atoms with Gasteiger partial charge in [0.15, 0.2) is 0 Å². The highest BCUT2D eigenvalue weighted by atomic mass is 14.7. The first-order valence-electron chi connectivity index (χ1n) is 2.79. The van der Waals surface area contributed by atoms with Gasteiger partial charge in [-0.3, -0.25) is 0 Å². The van der Waals surface area contributed by atoms with Crippen molar-refractivity contribution in [2.75, 3.05) is 13.1 Å². The summed E-state index contributed by atoms with van der Waals surface area (Å²) in [6.45, 7) is 17.9. The maximum absolute atomic E-state index is 6.56. The molecule has 9 heavy (non-hydrogen) atoms. The Labute approximate surface area is 56.1 Å². The summed E-state index contributed by atoms with van der Waals surface area (Å²) in [7, 11) is 0. The first-order valence-corrected chi connectivity index (χ1v) is 2.79. The molecule has 0 radical (unpaired) electrons. The Morgan fingerprint density at radius 2 is 1.44 bits per heavy atom. The van der Waals surface area contributed by atoms with Gasteiger partial charge in [0.2, 0.25) is 13.1 Å². The molecular weight excluding hydrogens is 112 g/mol. The third-order valence-electron chi connectivity index (χ3n) is 1.01. The molecule has 0 aromatic rings. The van der Waals surface area contributed by atoms with Crippen LogP contribution in [0.1, 0.15) is 13.8 Å². The van der Waals surface area contributed by atoms with Crippen LogP contribution in [0, 0.1) is 18.6 Å². The van der Waals surface area contributed by atoms with Crippen molar-refractivity contribution in [1.29, 1.82) is 0 Å². The Morgan fingerprint density at radius 3 is 1.67 bits per heavy atom. The van der Waals surface area contributed by atoms with E-state index >= 15 is 0 Å². The second-order valence-electron chi connectivity index (χ2n) is 2.80. The molecule has 2 heteroatoms. The second kappa shape index (κ2) is 3.10.